The first kappa shape index (κ1) is 20.0. The number of nitrogens with one attached hydrogen (secondary N) is 1. The minimum absolute atomic E-state index is 0.0918. The van der Waals surface area contributed by atoms with Gasteiger partial charge in [-0.05, 0) is 64.0 Å². The molecule has 1 saturated heterocycles. The molecule has 1 N–H and O–H groups in total. The van der Waals surface area contributed by atoms with E-state index in [9.17, 15) is 21.6 Å². The maximum atomic E-state index is 12.4. The Morgan fingerprint density at radius 2 is 1.92 bits per heavy atom. The van der Waals surface area contributed by atoms with E-state index >= 15 is 0 Å². The van der Waals surface area contributed by atoms with Crippen LogP contribution in [0.3, 0.4) is 0 Å². The van der Waals surface area contributed by atoms with Crippen molar-refractivity contribution < 1.29 is 26.3 Å². The molecule has 5 nitrogen and oxygen atoms in total. The van der Waals surface area contributed by atoms with Crippen LogP contribution in [0.25, 0.3) is 0 Å². The lowest BCUT2D eigenvalue weighted by Crippen LogP contribution is -2.42. The van der Waals surface area contributed by atoms with Gasteiger partial charge in [0.05, 0.1) is 4.90 Å². The summed E-state index contributed by atoms with van der Waals surface area (Å²) in [5.74, 6) is -0.455. The number of hydrogen-bond donors (Lipinski definition) is 1. The minimum Gasteiger partial charge on any atom is -0.406 e. The van der Waals surface area contributed by atoms with Gasteiger partial charge < -0.3 is 9.64 Å². The standard InChI is InChI=1S/C16H23F3N2O3S/c1-12(11-13-5-3-4-10-21(13)2)20-25(22,23)15-8-6-14(7-9-15)24-16(17,18)19/h6-9,12-13,20H,3-5,10-11H2,1-2H3/t12?,13-/m0/s1. The molecule has 1 aromatic rings. The van der Waals surface area contributed by atoms with Crippen LogP contribution in [0.2, 0.25) is 0 Å². The van der Waals surface area contributed by atoms with Gasteiger partial charge in [0.15, 0.2) is 0 Å². The van der Waals surface area contributed by atoms with Crippen molar-refractivity contribution in [1.29, 1.82) is 0 Å². The predicted molar refractivity (Wildman–Crippen MR) is 87.8 cm³/mol. The quantitative estimate of drug-likeness (QED) is 0.824. The van der Waals surface area contributed by atoms with E-state index in [0.717, 1.165) is 50.1 Å². The lowest BCUT2D eigenvalue weighted by Gasteiger charge is -2.34. The summed E-state index contributed by atoms with van der Waals surface area (Å²) in [6.45, 7) is 2.80. The van der Waals surface area contributed by atoms with Gasteiger partial charge in [0, 0.05) is 12.1 Å². The first-order valence-corrected chi connectivity index (χ1v) is 9.63. The molecule has 142 valence electrons. The van der Waals surface area contributed by atoms with Crippen LogP contribution >= 0.6 is 0 Å². The normalized spacial score (nSPS) is 21.1. The smallest absolute Gasteiger partial charge is 0.406 e. The van der Waals surface area contributed by atoms with E-state index in [1.54, 1.807) is 6.92 Å². The molecular weight excluding hydrogens is 357 g/mol. The molecule has 2 rings (SSSR count). The molecule has 1 aliphatic heterocycles. The van der Waals surface area contributed by atoms with Crippen molar-refractivity contribution in [1.82, 2.24) is 9.62 Å². The molecule has 9 heteroatoms. The van der Waals surface area contributed by atoms with Gasteiger partial charge in [-0.3, -0.25) is 0 Å². The number of rotatable bonds is 6. The van der Waals surface area contributed by atoms with Crippen molar-refractivity contribution in [2.45, 2.75) is 55.9 Å². The summed E-state index contributed by atoms with van der Waals surface area (Å²) in [4.78, 5) is 2.14. The van der Waals surface area contributed by atoms with E-state index in [2.05, 4.69) is 14.4 Å². The Balaban J connectivity index is 1.98. The van der Waals surface area contributed by atoms with E-state index in [1.807, 2.05) is 7.05 Å². The van der Waals surface area contributed by atoms with Gasteiger partial charge in [0.2, 0.25) is 10.0 Å². The fraction of sp³-hybridized carbons (Fsp3) is 0.625. The van der Waals surface area contributed by atoms with Crippen LogP contribution in [0.4, 0.5) is 13.2 Å². The third-order valence-electron chi connectivity index (χ3n) is 4.27. The average Bonchev–Trinajstić information content (AvgIpc) is 2.48. The third kappa shape index (κ3) is 6.16. The Bertz CT molecular complexity index is 662. The molecule has 0 spiro atoms. The predicted octanol–water partition coefficient (Wildman–Crippen LogP) is 3.13. The molecule has 0 saturated carbocycles. The van der Waals surface area contributed by atoms with Gasteiger partial charge in [-0.25, -0.2) is 13.1 Å². The SMILES string of the molecule is CC(C[C@@H]1CCCCN1C)NS(=O)(=O)c1ccc(OC(F)(F)F)cc1. The monoisotopic (exact) mass is 380 g/mol. The summed E-state index contributed by atoms with van der Waals surface area (Å²) < 4.78 is 67.5. The highest BCUT2D eigenvalue weighted by molar-refractivity contribution is 7.89. The fourth-order valence-electron chi connectivity index (χ4n) is 3.05. The van der Waals surface area contributed by atoms with E-state index in [1.165, 1.54) is 0 Å². The number of ether oxygens (including phenoxy) is 1. The van der Waals surface area contributed by atoms with Gasteiger partial charge in [-0.15, -0.1) is 13.2 Å². The Morgan fingerprint density at radius 1 is 1.28 bits per heavy atom. The largest absolute Gasteiger partial charge is 0.573 e. The molecule has 2 atom stereocenters. The average molecular weight is 380 g/mol. The summed E-state index contributed by atoms with van der Waals surface area (Å²) in [5.41, 5.74) is 0. The topological polar surface area (TPSA) is 58.6 Å². The third-order valence-corrected chi connectivity index (χ3v) is 5.88. The second kappa shape index (κ2) is 7.92. The maximum Gasteiger partial charge on any atom is 0.573 e. The molecule has 1 fully saturated rings. The molecule has 1 aliphatic rings. The Hall–Kier alpha value is -1.32. The van der Waals surface area contributed by atoms with Gasteiger partial charge in [-0.2, -0.15) is 0 Å². The summed E-state index contributed by atoms with van der Waals surface area (Å²) in [7, 11) is -1.76. The van der Waals surface area contributed by atoms with Gasteiger partial charge in [0.1, 0.15) is 5.75 Å². The van der Waals surface area contributed by atoms with E-state index in [-0.39, 0.29) is 10.9 Å². The molecule has 1 heterocycles. The number of benzene rings is 1. The van der Waals surface area contributed by atoms with Crippen LogP contribution < -0.4 is 9.46 Å². The van der Waals surface area contributed by atoms with Crippen molar-refractivity contribution in [2.24, 2.45) is 0 Å². The summed E-state index contributed by atoms with van der Waals surface area (Å²) in [6.07, 6.45) is -0.801. The lowest BCUT2D eigenvalue weighted by molar-refractivity contribution is -0.274. The lowest BCUT2D eigenvalue weighted by atomic mass is 9.97. The zero-order valence-electron chi connectivity index (χ0n) is 14.2. The van der Waals surface area contributed by atoms with E-state index < -0.39 is 22.1 Å². The zero-order chi connectivity index (χ0) is 18.7. The Labute approximate surface area is 146 Å². The highest BCUT2D eigenvalue weighted by Gasteiger charge is 2.31. The first-order chi connectivity index (χ1) is 11.6. The van der Waals surface area contributed by atoms with Crippen LogP contribution in [0.15, 0.2) is 29.2 Å². The van der Waals surface area contributed by atoms with Crippen LogP contribution in [-0.2, 0) is 10.0 Å². The Kier molecular flexibility index (Phi) is 6.34. The van der Waals surface area contributed by atoms with E-state index in [4.69, 9.17) is 0 Å². The molecule has 0 bridgehead atoms. The number of piperidine rings is 1. The highest BCUT2D eigenvalue weighted by Crippen LogP contribution is 2.24. The fourth-order valence-corrected chi connectivity index (χ4v) is 4.31. The van der Waals surface area contributed by atoms with Gasteiger partial charge in [0.25, 0.3) is 0 Å². The number of halogens is 3. The summed E-state index contributed by atoms with van der Waals surface area (Å²) in [6, 6.07) is 4.23. The van der Waals surface area contributed by atoms with Crippen LogP contribution in [0.1, 0.15) is 32.6 Å². The molecule has 0 aliphatic carbocycles. The number of likely N-dealkylation sites (tertiary alicyclic amines) is 1. The number of hydrogen-bond acceptors (Lipinski definition) is 4. The summed E-state index contributed by atoms with van der Waals surface area (Å²) >= 11 is 0. The van der Waals surface area contributed by atoms with Crippen molar-refractivity contribution >= 4 is 10.0 Å². The molecule has 1 unspecified atom stereocenters. The van der Waals surface area contributed by atoms with Gasteiger partial charge in [-0.1, -0.05) is 6.42 Å². The zero-order valence-corrected chi connectivity index (χ0v) is 15.0. The molecule has 0 radical (unpaired) electrons. The second-order valence-corrected chi connectivity index (χ2v) is 8.12. The van der Waals surface area contributed by atoms with Gasteiger partial charge >= 0.3 is 6.36 Å². The summed E-state index contributed by atoms with van der Waals surface area (Å²) in [5, 5.41) is 0. The van der Waals surface area contributed by atoms with Crippen molar-refractivity contribution in [3.8, 4) is 5.75 Å². The van der Waals surface area contributed by atoms with Crippen molar-refractivity contribution in [3.05, 3.63) is 24.3 Å². The number of nitrogens with zero attached hydrogens (tertiary/aromatic N) is 1. The number of alkyl halides is 3. The molecular formula is C16H23F3N2O3S. The first-order valence-electron chi connectivity index (χ1n) is 8.15. The van der Waals surface area contributed by atoms with Crippen LogP contribution in [0, 0.1) is 0 Å². The second-order valence-electron chi connectivity index (χ2n) is 6.41. The molecule has 0 amide bonds. The number of sulfonamides is 1. The minimum atomic E-state index is -4.81. The Morgan fingerprint density at radius 3 is 2.48 bits per heavy atom. The molecule has 25 heavy (non-hydrogen) atoms. The maximum absolute atomic E-state index is 12.4. The van der Waals surface area contributed by atoms with Crippen LogP contribution in [-0.4, -0.2) is 45.4 Å². The highest BCUT2D eigenvalue weighted by atomic mass is 32.2. The van der Waals surface area contributed by atoms with Crippen molar-refractivity contribution in [2.75, 3.05) is 13.6 Å². The molecule has 1 aromatic carbocycles. The van der Waals surface area contributed by atoms with Crippen molar-refractivity contribution in [3.63, 3.8) is 0 Å². The van der Waals surface area contributed by atoms with E-state index in [0.29, 0.717) is 12.5 Å². The molecule has 0 aromatic heterocycles. The van der Waals surface area contributed by atoms with Crippen LogP contribution in [0.5, 0.6) is 5.75 Å².